The third kappa shape index (κ3) is 7.48. The van der Waals surface area contributed by atoms with Gasteiger partial charge in [-0.05, 0) is 20.9 Å². The van der Waals surface area contributed by atoms with Gasteiger partial charge >= 0.3 is 0 Å². The summed E-state index contributed by atoms with van der Waals surface area (Å²) in [7, 11) is 1.97. The molecule has 1 fully saturated rings. The van der Waals surface area contributed by atoms with Gasteiger partial charge in [-0.15, -0.1) is 0 Å². The Morgan fingerprint density at radius 3 is 2.00 bits per heavy atom. The Bertz CT molecular complexity index is 280. The van der Waals surface area contributed by atoms with E-state index in [0.717, 1.165) is 6.54 Å². The normalized spacial score (nSPS) is 18.4. The molecule has 0 bridgehead atoms. The zero-order valence-electron chi connectivity index (χ0n) is 14.5. The van der Waals surface area contributed by atoms with Gasteiger partial charge in [0, 0.05) is 32.6 Å². The van der Waals surface area contributed by atoms with E-state index in [2.05, 4.69) is 10.2 Å². The van der Waals surface area contributed by atoms with Crippen molar-refractivity contribution in [2.75, 3.05) is 26.7 Å². The first-order valence-corrected chi connectivity index (χ1v) is 7.68. The second kappa shape index (κ2) is 11.7. The molecule has 0 aliphatic carbocycles. The molecule has 1 N–H and O–H groups in total. The summed E-state index contributed by atoms with van der Waals surface area (Å²) in [5.74, 6) is -0.0891. The molecule has 1 rings (SSSR count). The lowest BCUT2D eigenvalue weighted by molar-refractivity contribution is -0.142. The topological polar surface area (TPSA) is 52.7 Å². The van der Waals surface area contributed by atoms with E-state index in [1.54, 1.807) is 4.90 Å². The summed E-state index contributed by atoms with van der Waals surface area (Å²) < 4.78 is 0. The third-order valence-corrected chi connectivity index (χ3v) is 2.72. The molecule has 1 heterocycles. The van der Waals surface area contributed by atoms with Crippen molar-refractivity contribution >= 4 is 11.8 Å². The fraction of sp³-hybridized carbons (Fsp3) is 0.867. The molecule has 5 nitrogen and oxygen atoms in total. The number of likely N-dealkylation sites (N-methyl/N-ethyl adjacent to an activating group) is 1. The average Bonchev–Trinajstić information content (AvgIpc) is 2.42. The number of carbonyl (C=O) groups is 2. The summed E-state index contributed by atoms with van der Waals surface area (Å²) in [6.45, 7) is 15.4. The van der Waals surface area contributed by atoms with Crippen LogP contribution in [0.4, 0.5) is 0 Å². The Morgan fingerprint density at radius 2 is 1.60 bits per heavy atom. The van der Waals surface area contributed by atoms with Gasteiger partial charge in [0.15, 0.2) is 0 Å². The number of piperazine rings is 1. The molecule has 0 radical (unpaired) electrons. The minimum atomic E-state index is -0.348. The first-order chi connectivity index (χ1) is 9.41. The highest BCUT2D eigenvalue weighted by molar-refractivity contribution is 5.87. The fourth-order valence-electron chi connectivity index (χ4n) is 1.90. The van der Waals surface area contributed by atoms with Crippen molar-refractivity contribution in [3.05, 3.63) is 0 Å². The van der Waals surface area contributed by atoms with Crippen molar-refractivity contribution in [2.24, 2.45) is 0 Å². The van der Waals surface area contributed by atoms with Crippen molar-refractivity contribution in [2.45, 2.75) is 60.5 Å². The van der Waals surface area contributed by atoms with Crippen LogP contribution in [-0.4, -0.2) is 60.4 Å². The predicted molar refractivity (Wildman–Crippen MR) is 84.6 cm³/mol. The molecule has 1 aliphatic rings. The van der Waals surface area contributed by atoms with Gasteiger partial charge in [-0.25, -0.2) is 0 Å². The van der Waals surface area contributed by atoms with Crippen molar-refractivity contribution in [3.63, 3.8) is 0 Å². The molecule has 0 spiro atoms. The lowest BCUT2D eigenvalue weighted by Crippen LogP contribution is -2.60. The summed E-state index contributed by atoms with van der Waals surface area (Å²) >= 11 is 0. The number of nitrogens with zero attached hydrogens (tertiary/aromatic N) is 2. The summed E-state index contributed by atoms with van der Waals surface area (Å²) in [6, 6.07) is -0.243. The highest BCUT2D eigenvalue weighted by Crippen LogP contribution is 2.09. The summed E-state index contributed by atoms with van der Waals surface area (Å²) in [6.07, 6.45) is 0. The second-order valence-corrected chi connectivity index (χ2v) is 4.65. The van der Waals surface area contributed by atoms with Crippen molar-refractivity contribution in [1.82, 2.24) is 15.1 Å². The van der Waals surface area contributed by atoms with Gasteiger partial charge in [-0.1, -0.05) is 27.7 Å². The van der Waals surface area contributed by atoms with Gasteiger partial charge in [0.25, 0.3) is 0 Å². The summed E-state index contributed by atoms with van der Waals surface area (Å²) in [4.78, 5) is 27.1. The maximum atomic E-state index is 11.9. The van der Waals surface area contributed by atoms with E-state index in [0.29, 0.717) is 13.1 Å². The number of rotatable bonds is 2. The molecular formula is C15H33N3O2. The molecule has 1 atom stereocenters. The monoisotopic (exact) mass is 287 g/mol. The molecule has 0 aromatic heterocycles. The number of nitrogens with one attached hydrogen (secondary N) is 1. The molecule has 1 saturated heterocycles. The van der Waals surface area contributed by atoms with E-state index in [1.165, 1.54) is 6.92 Å². The van der Waals surface area contributed by atoms with E-state index in [4.69, 9.17) is 0 Å². The Labute approximate surface area is 124 Å². The van der Waals surface area contributed by atoms with Crippen LogP contribution in [0.1, 0.15) is 48.5 Å². The van der Waals surface area contributed by atoms with E-state index in [9.17, 15) is 9.59 Å². The van der Waals surface area contributed by atoms with Crippen LogP contribution in [0, 0.1) is 0 Å². The zero-order valence-corrected chi connectivity index (χ0v) is 14.5. The second-order valence-electron chi connectivity index (χ2n) is 4.65. The zero-order chi connectivity index (χ0) is 16.3. The lowest BCUT2D eigenvalue weighted by atomic mass is 10.1. The van der Waals surface area contributed by atoms with Crippen LogP contribution < -0.4 is 5.32 Å². The molecular weight excluding hydrogens is 254 g/mol. The van der Waals surface area contributed by atoms with Crippen LogP contribution >= 0.6 is 0 Å². The number of amides is 2. The number of carbonyl (C=O) groups excluding carboxylic acids is 2. The fourth-order valence-corrected chi connectivity index (χ4v) is 1.90. The summed E-state index contributed by atoms with van der Waals surface area (Å²) in [5, 5.41) is 2.86. The number of hydrogen-bond acceptors (Lipinski definition) is 3. The molecule has 0 aromatic carbocycles. The van der Waals surface area contributed by atoms with Crippen LogP contribution in [0.3, 0.4) is 0 Å². The summed E-state index contributed by atoms with van der Waals surface area (Å²) in [5.41, 5.74) is 0. The molecule has 20 heavy (non-hydrogen) atoms. The van der Waals surface area contributed by atoms with Crippen LogP contribution in [0.2, 0.25) is 0 Å². The highest BCUT2D eigenvalue weighted by Gasteiger charge is 2.32. The molecule has 1 unspecified atom stereocenters. The van der Waals surface area contributed by atoms with Gasteiger partial charge in [0.1, 0.15) is 6.04 Å². The van der Waals surface area contributed by atoms with Crippen molar-refractivity contribution in [1.29, 1.82) is 0 Å². The average molecular weight is 287 g/mol. The van der Waals surface area contributed by atoms with E-state index in [1.807, 2.05) is 48.6 Å². The van der Waals surface area contributed by atoms with Crippen molar-refractivity contribution < 1.29 is 9.59 Å². The predicted octanol–water partition coefficient (Wildman–Crippen LogP) is 1.73. The van der Waals surface area contributed by atoms with E-state index >= 15 is 0 Å². The van der Waals surface area contributed by atoms with Gasteiger partial charge in [0.2, 0.25) is 11.8 Å². The smallest absolute Gasteiger partial charge is 0.244 e. The Hall–Kier alpha value is -1.10. The van der Waals surface area contributed by atoms with Gasteiger partial charge in [-0.3, -0.25) is 9.59 Å². The molecule has 5 heteroatoms. The standard InChI is InChI=1S/C11H21N3O2.2C2H6/c1-8(2)12-11(16)10-7-13(4)5-6-14(10)9(3)15;2*1-2/h8,10H,5-7H2,1-4H3,(H,12,16);2*1-2H3. The first kappa shape index (κ1) is 21.2. The Kier molecular flexibility index (Phi) is 12.4. The molecule has 0 aromatic rings. The van der Waals surface area contributed by atoms with E-state index < -0.39 is 0 Å². The molecule has 0 saturated carbocycles. The SMILES string of the molecule is CC.CC.CC(=O)N1CCN(C)CC1C(=O)NC(C)C. The maximum Gasteiger partial charge on any atom is 0.244 e. The third-order valence-electron chi connectivity index (χ3n) is 2.72. The first-order valence-electron chi connectivity index (χ1n) is 7.68. The Balaban J connectivity index is 0. The largest absolute Gasteiger partial charge is 0.352 e. The molecule has 2 amide bonds. The highest BCUT2D eigenvalue weighted by atomic mass is 16.2. The van der Waals surface area contributed by atoms with Gasteiger partial charge < -0.3 is 15.1 Å². The van der Waals surface area contributed by atoms with Gasteiger partial charge in [0.05, 0.1) is 0 Å². The Morgan fingerprint density at radius 1 is 1.10 bits per heavy atom. The minimum absolute atomic E-state index is 0.0305. The quantitative estimate of drug-likeness (QED) is 0.841. The van der Waals surface area contributed by atoms with Crippen LogP contribution in [-0.2, 0) is 9.59 Å². The maximum absolute atomic E-state index is 11.9. The van der Waals surface area contributed by atoms with Crippen LogP contribution in [0.5, 0.6) is 0 Å². The lowest BCUT2D eigenvalue weighted by Gasteiger charge is -2.38. The number of hydrogen-bond donors (Lipinski definition) is 1. The molecule has 1 aliphatic heterocycles. The van der Waals surface area contributed by atoms with Crippen LogP contribution in [0.25, 0.3) is 0 Å². The van der Waals surface area contributed by atoms with E-state index in [-0.39, 0.29) is 23.9 Å². The van der Waals surface area contributed by atoms with Crippen molar-refractivity contribution in [3.8, 4) is 0 Å². The minimum Gasteiger partial charge on any atom is -0.352 e. The molecule has 120 valence electrons. The van der Waals surface area contributed by atoms with Crippen LogP contribution in [0.15, 0.2) is 0 Å². The van der Waals surface area contributed by atoms with Gasteiger partial charge in [-0.2, -0.15) is 0 Å².